The van der Waals surface area contributed by atoms with Gasteiger partial charge < -0.3 is 10.2 Å². The van der Waals surface area contributed by atoms with Crippen molar-refractivity contribution in [2.45, 2.75) is 12.8 Å². The Hall–Kier alpha value is -2.09. The van der Waals surface area contributed by atoms with Crippen LogP contribution in [0.25, 0.3) is 5.13 Å². The molecule has 0 radical (unpaired) electrons. The Morgan fingerprint density at radius 1 is 1.07 bits per heavy atom. The Balaban J connectivity index is 1.34. The lowest BCUT2D eigenvalue weighted by Gasteiger charge is -2.30. The zero-order chi connectivity index (χ0) is 18.8. The topological polar surface area (TPSA) is 63.1 Å². The van der Waals surface area contributed by atoms with Crippen LogP contribution in [0.3, 0.4) is 0 Å². The predicted octanol–water partition coefficient (Wildman–Crippen LogP) is 4.49. The lowest BCUT2D eigenvalue weighted by molar-refractivity contribution is -0.120. The lowest BCUT2D eigenvalue weighted by atomic mass is 9.96. The minimum Gasteiger partial charge on any atom is -0.347 e. The van der Waals surface area contributed by atoms with Crippen molar-refractivity contribution in [3.8, 4) is 5.13 Å². The first-order valence-corrected chi connectivity index (χ1v) is 10.1. The first kappa shape index (κ1) is 18.3. The summed E-state index contributed by atoms with van der Waals surface area (Å²) in [5.41, 5.74) is 0.664. The molecular weight excluding hydrogens is 405 g/mol. The Bertz CT molecular complexity index is 935. The van der Waals surface area contributed by atoms with Crippen molar-refractivity contribution in [2.24, 2.45) is 5.92 Å². The number of aromatic nitrogens is 3. The maximum absolute atomic E-state index is 12.5. The fraction of sp³-hybridized carbons (Fsp3) is 0.278. The second-order valence-electron chi connectivity index (χ2n) is 6.34. The molecule has 27 heavy (non-hydrogen) atoms. The van der Waals surface area contributed by atoms with Crippen LogP contribution < -0.4 is 10.2 Å². The van der Waals surface area contributed by atoms with Crippen LogP contribution in [-0.4, -0.2) is 33.8 Å². The van der Waals surface area contributed by atoms with Gasteiger partial charge in [-0.1, -0.05) is 34.5 Å². The number of rotatable bonds is 4. The zero-order valence-electron chi connectivity index (χ0n) is 14.3. The standard InChI is InChI=1S/C18H17Cl2N5OS/c19-14-4-3-13(11-15(14)20)21-16(26)12-5-9-25(10-6-12)18-23-22-17(27-18)24-7-1-2-8-24/h1-4,7-8,11-12H,5-6,9-10H2,(H,21,26). The number of carbonyl (C=O) groups is 1. The van der Waals surface area contributed by atoms with Gasteiger partial charge >= 0.3 is 0 Å². The number of amides is 1. The van der Waals surface area contributed by atoms with Crippen molar-refractivity contribution in [2.75, 3.05) is 23.3 Å². The highest BCUT2D eigenvalue weighted by Crippen LogP contribution is 2.29. The van der Waals surface area contributed by atoms with Gasteiger partial charge in [-0.05, 0) is 43.2 Å². The van der Waals surface area contributed by atoms with Crippen LogP contribution in [-0.2, 0) is 4.79 Å². The molecule has 3 heterocycles. The monoisotopic (exact) mass is 421 g/mol. The average molecular weight is 422 g/mol. The molecule has 0 unspecified atom stereocenters. The van der Waals surface area contributed by atoms with Gasteiger partial charge in [-0.2, -0.15) is 0 Å². The summed E-state index contributed by atoms with van der Waals surface area (Å²) in [7, 11) is 0. The maximum Gasteiger partial charge on any atom is 0.227 e. The molecule has 0 aliphatic carbocycles. The van der Waals surface area contributed by atoms with E-state index in [1.807, 2.05) is 29.1 Å². The summed E-state index contributed by atoms with van der Waals surface area (Å²) >= 11 is 13.5. The number of benzene rings is 1. The van der Waals surface area contributed by atoms with E-state index in [0.29, 0.717) is 15.7 Å². The fourth-order valence-corrected chi connectivity index (χ4v) is 4.22. The molecule has 9 heteroatoms. The van der Waals surface area contributed by atoms with E-state index in [1.54, 1.807) is 29.5 Å². The highest BCUT2D eigenvalue weighted by atomic mass is 35.5. The zero-order valence-corrected chi connectivity index (χ0v) is 16.6. The third kappa shape index (κ3) is 4.10. The third-order valence-electron chi connectivity index (χ3n) is 4.55. The summed E-state index contributed by atoms with van der Waals surface area (Å²) in [5, 5.41) is 14.1. The number of hydrogen-bond acceptors (Lipinski definition) is 5. The number of halogens is 2. The first-order chi connectivity index (χ1) is 13.1. The molecule has 0 bridgehead atoms. The fourth-order valence-electron chi connectivity index (χ4n) is 3.05. The Morgan fingerprint density at radius 3 is 2.48 bits per heavy atom. The Labute approximate surface area is 170 Å². The van der Waals surface area contributed by atoms with Crippen molar-refractivity contribution in [3.63, 3.8) is 0 Å². The third-order valence-corrected chi connectivity index (χ3v) is 6.29. The largest absolute Gasteiger partial charge is 0.347 e. The molecule has 1 saturated heterocycles. The highest BCUT2D eigenvalue weighted by Gasteiger charge is 2.27. The molecule has 1 N–H and O–H groups in total. The van der Waals surface area contributed by atoms with E-state index in [1.165, 1.54) is 0 Å². The smallest absolute Gasteiger partial charge is 0.227 e. The minimum atomic E-state index is -0.0347. The summed E-state index contributed by atoms with van der Waals surface area (Å²) in [6.07, 6.45) is 5.44. The predicted molar refractivity (Wildman–Crippen MR) is 109 cm³/mol. The van der Waals surface area contributed by atoms with E-state index in [9.17, 15) is 4.79 Å². The second-order valence-corrected chi connectivity index (χ2v) is 8.09. The molecule has 4 rings (SSSR count). The highest BCUT2D eigenvalue weighted by molar-refractivity contribution is 7.17. The van der Waals surface area contributed by atoms with Gasteiger partial charge in [0.05, 0.1) is 10.0 Å². The molecule has 3 aromatic rings. The van der Waals surface area contributed by atoms with Crippen molar-refractivity contribution in [1.82, 2.24) is 14.8 Å². The number of anilines is 2. The molecule has 1 fully saturated rings. The molecule has 140 valence electrons. The van der Waals surface area contributed by atoms with E-state index in [4.69, 9.17) is 23.2 Å². The molecule has 1 aliphatic rings. The van der Waals surface area contributed by atoms with E-state index < -0.39 is 0 Å². The molecule has 0 atom stereocenters. The van der Waals surface area contributed by atoms with Gasteiger partial charge in [0.25, 0.3) is 0 Å². The summed E-state index contributed by atoms with van der Waals surface area (Å²) in [6, 6.07) is 9.02. The van der Waals surface area contributed by atoms with Gasteiger partial charge in [0.1, 0.15) is 0 Å². The number of nitrogens with zero attached hydrogens (tertiary/aromatic N) is 4. The van der Waals surface area contributed by atoms with E-state index in [2.05, 4.69) is 20.4 Å². The van der Waals surface area contributed by atoms with Crippen molar-refractivity contribution >= 4 is 51.3 Å². The number of hydrogen-bond donors (Lipinski definition) is 1. The average Bonchev–Trinajstić information content (AvgIpc) is 3.36. The number of carbonyl (C=O) groups excluding carboxylic acids is 1. The summed E-state index contributed by atoms with van der Waals surface area (Å²) < 4.78 is 1.94. The maximum atomic E-state index is 12.5. The van der Waals surface area contributed by atoms with Gasteiger partial charge in [-0.15, -0.1) is 10.2 Å². The molecule has 2 aromatic heterocycles. The normalized spacial score (nSPS) is 15.1. The van der Waals surface area contributed by atoms with Crippen molar-refractivity contribution < 1.29 is 4.79 Å². The number of piperidine rings is 1. The van der Waals surface area contributed by atoms with E-state index in [0.717, 1.165) is 36.2 Å². The molecule has 1 aromatic carbocycles. The van der Waals surface area contributed by atoms with Crippen LogP contribution in [0.1, 0.15) is 12.8 Å². The Morgan fingerprint density at radius 2 is 1.78 bits per heavy atom. The molecule has 1 aliphatic heterocycles. The second kappa shape index (κ2) is 7.88. The van der Waals surface area contributed by atoms with Gasteiger partial charge in [-0.25, -0.2) is 0 Å². The van der Waals surface area contributed by atoms with Crippen LogP contribution in [0, 0.1) is 5.92 Å². The first-order valence-electron chi connectivity index (χ1n) is 8.58. The quantitative estimate of drug-likeness (QED) is 0.673. The molecular formula is C18H17Cl2N5OS. The molecule has 1 amide bonds. The van der Waals surface area contributed by atoms with Crippen LogP contribution in [0.5, 0.6) is 0 Å². The number of nitrogens with one attached hydrogen (secondary N) is 1. The van der Waals surface area contributed by atoms with Crippen molar-refractivity contribution in [1.29, 1.82) is 0 Å². The van der Waals surface area contributed by atoms with Gasteiger partial charge in [0, 0.05) is 37.1 Å². The lowest BCUT2D eigenvalue weighted by Crippen LogP contribution is -2.38. The van der Waals surface area contributed by atoms with Gasteiger partial charge in [0.15, 0.2) is 0 Å². The van der Waals surface area contributed by atoms with Crippen LogP contribution in [0.15, 0.2) is 42.7 Å². The Kier molecular flexibility index (Phi) is 5.33. The summed E-state index contributed by atoms with van der Waals surface area (Å²) in [4.78, 5) is 14.7. The van der Waals surface area contributed by atoms with E-state index >= 15 is 0 Å². The molecule has 6 nitrogen and oxygen atoms in total. The summed E-state index contributed by atoms with van der Waals surface area (Å²) in [6.45, 7) is 1.56. The molecule has 0 saturated carbocycles. The van der Waals surface area contributed by atoms with Crippen LogP contribution in [0.2, 0.25) is 10.0 Å². The SMILES string of the molecule is O=C(Nc1ccc(Cl)c(Cl)c1)C1CCN(c2nnc(-n3cccc3)s2)CC1. The van der Waals surface area contributed by atoms with E-state index in [-0.39, 0.29) is 11.8 Å². The van der Waals surface area contributed by atoms with Crippen molar-refractivity contribution in [3.05, 3.63) is 52.8 Å². The summed E-state index contributed by atoms with van der Waals surface area (Å²) in [5.74, 6) is -0.0223. The minimum absolute atomic E-state index is 0.0123. The molecule has 0 spiro atoms. The van der Waals surface area contributed by atoms with Crippen LogP contribution in [0.4, 0.5) is 10.8 Å². The van der Waals surface area contributed by atoms with Crippen LogP contribution >= 0.6 is 34.5 Å². The van der Waals surface area contributed by atoms with Gasteiger partial charge in [0.2, 0.25) is 16.2 Å². The van der Waals surface area contributed by atoms with Gasteiger partial charge in [-0.3, -0.25) is 9.36 Å².